The zero-order valence-electron chi connectivity index (χ0n) is 7.91. The van der Waals surface area contributed by atoms with Gasteiger partial charge in [0, 0.05) is 18.9 Å². The molecular weight excluding hydrogens is 234 g/mol. The molecule has 0 saturated heterocycles. The van der Waals surface area contributed by atoms with Crippen molar-refractivity contribution < 1.29 is 4.79 Å². The van der Waals surface area contributed by atoms with Crippen LogP contribution in [-0.2, 0) is 18.3 Å². The molecule has 0 aliphatic carbocycles. The normalized spacial score (nSPS) is 11.7. The minimum absolute atomic E-state index is 0.363. The van der Waals surface area contributed by atoms with Gasteiger partial charge in [0.25, 0.3) is 0 Å². The van der Waals surface area contributed by atoms with Crippen molar-refractivity contribution in [2.75, 3.05) is 0 Å². The predicted octanol–water partition coefficient (Wildman–Crippen LogP) is 1.35. The zero-order valence-corrected chi connectivity index (χ0v) is 9.50. The van der Waals surface area contributed by atoms with Gasteiger partial charge in [-0.25, -0.2) is 0 Å². The van der Waals surface area contributed by atoms with E-state index in [-0.39, 0.29) is 5.41 Å². The third kappa shape index (κ3) is 2.37. The molecule has 0 aliphatic heterocycles. The number of carbonyl (C=O) groups is 1. The number of carbonyl (C=O) groups excluding carboxylic acids is 1. The van der Waals surface area contributed by atoms with E-state index in [1.807, 2.05) is 20.9 Å². The van der Waals surface area contributed by atoms with E-state index in [2.05, 4.69) is 26.2 Å². The Morgan fingerprint density at radius 2 is 2.23 bits per heavy atom. The average molecular weight is 246 g/mol. The van der Waals surface area contributed by atoms with Crippen molar-refractivity contribution >= 4 is 22.2 Å². The molecular formula is C8H12BrN3O. The summed E-state index contributed by atoms with van der Waals surface area (Å²) in [6.45, 7) is 3.78. The number of rotatable bonds is 3. The number of aryl methyl sites for hydroxylation is 1. The molecule has 0 saturated carbocycles. The van der Waals surface area contributed by atoms with E-state index in [4.69, 9.17) is 0 Å². The second-order valence-electron chi connectivity index (χ2n) is 3.73. The van der Waals surface area contributed by atoms with Gasteiger partial charge in [-0.3, -0.25) is 4.68 Å². The Labute approximate surface area is 85.4 Å². The molecule has 0 fully saturated rings. The van der Waals surface area contributed by atoms with E-state index in [0.717, 1.165) is 12.0 Å². The summed E-state index contributed by atoms with van der Waals surface area (Å²) in [5.74, 6) is 0. The highest BCUT2D eigenvalue weighted by Crippen LogP contribution is 2.22. The van der Waals surface area contributed by atoms with E-state index in [9.17, 15) is 4.79 Å². The van der Waals surface area contributed by atoms with Gasteiger partial charge in [-0.1, -0.05) is 19.1 Å². The molecule has 4 nitrogen and oxygen atoms in total. The summed E-state index contributed by atoms with van der Waals surface area (Å²) in [4.78, 5) is 10.7. The molecule has 1 rings (SSSR count). The van der Waals surface area contributed by atoms with Gasteiger partial charge >= 0.3 is 0 Å². The SMILES string of the molecule is Cn1nnc(Br)c1CC(C)(C)C=O. The zero-order chi connectivity index (χ0) is 10.1. The van der Waals surface area contributed by atoms with Crippen molar-refractivity contribution in [3.8, 4) is 0 Å². The fraction of sp³-hybridized carbons (Fsp3) is 0.625. The van der Waals surface area contributed by atoms with Crippen molar-refractivity contribution in [1.29, 1.82) is 0 Å². The first-order valence-electron chi connectivity index (χ1n) is 3.96. The van der Waals surface area contributed by atoms with Crippen molar-refractivity contribution in [2.45, 2.75) is 20.3 Å². The summed E-state index contributed by atoms with van der Waals surface area (Å²) in [5, 5.41) is 7.69. The first-order chi connectivity index (χ1) is 5.96. The molecule has 0 aliphatic rings. The first kappa shape index (κ1) is 10.4. The Hall–Kier alpha value is -0.710. The van der Waals surface area contributed by atoms with Crippen LogP contribution in [0.1, 0.15) is 19.5 Å². The smallest absolute Gasteiger partial charge is 0.151 e. The minimum atomic E-state index is -0.363. The number of nitrogens with zero attached hydrogens (tertiary/aromatic N) is 3. The van der Waals surface area contributed by atoms with Crippen LogP contribution >= 0.6 is 15.9 Å². The molecule has 0 bridgehead atoms. The fourth-order valence-corrected chi connectivity index (χ4v) is 1.48. The maximum atomic E-state index is 10.7. The van der Waals surface area contributed by atoms with E-state index in [0.29, 0.717) is 11.0 Å². The summed E-state index contributed by atoms with van der Waals surface area (Å²) in [6.07, 6.45) is 1.59. The Bertz CT molecular complexity index is 300. The fourth-order valence-electron chi connectivity index (χ4n) is 1.01. The third-order valence-electron chi connectivity index (χ3n) is 1.84. The molecule has 5 heteroatoms. The van der Waals surface area contributed by atoms with Crippen LogP contribution in [0.2, 0.25) is 0 Å². The highest BCUT2D eigenvalue weighted by atomic mass is 79.9. The second-order valence-corrected chi connectivity index (χ2v) is 4.48. The van der Waals surface area contributed by atoms with Gasteiger partial charge in [0.1, 0.15) is 6.29 Å². The van der Waals surface area contributed by atoms with Crippen molar-refractivity contribution in [2.24, 2.45) is 12.5 Å². The number of halogens is 1. The van der Waals surface area contributed by atoms with Gasteiger partial charge in [-0.05, 0) is 15.9 Å². The Morgan fingerprint density at radius 1 is 1.62 bits per heavy atom. The molecule has 0 N–H and O–H groups in total. The van der Waals surface area contributed by atoms with Gasteiger partial charge in [0.2, 0.25) is 0 Å². The highest BCUT2D eigenvalue weighted by Gasteiger charge is 2.21. The Balaban J connectivity index is 2.91. The summed E-state index contributed by atoms with van der Waals surface area (Å²) in [7, 11) is 1.81. The molecule has 72 valence electrons. The lowest BCUT2D eigenvalue weighted by atomic mass is 9.90. The molecule has 0 radical (unpaired) electrons. The maximum Gasteiger partial charge on any atom is 0.151 e. The van der Waals surface area contributed by atoms with Gasteiger partial charge in [-0.15, -0.1) is 5.10 Å². The van der Waals surface area contributed by atoms with Crippen molar-refractivity contribution in [3.63, 3.8) is 0 Å². The van der Waals surface area contributed by atoms with Crippen molar-refractivity contribution in [3.05, 3.63) is 10.3 Å². The van der Waals surface area contributed by atoms with Crippen LogP contribution in [0.15, 0.2) is 4.60 Å². The molecule has 13 heavy (non-hydrogen) atoms. The Morgan fingerprint density at radius 3 is 2.62 bits per heavy atom. The number of aromatic nitrogens is 3. The van der Waals surface area contributed by atoms with Crippen LogP contribution < -0.4 is 0 Å². The van der Waals surface area contributed by atoms with Crippen LogP contribution in [0.3, 0.4) is 0 Å². The van der Waals surface area contributed by atoms with Crippen LogP contribution in [0, 0.1) is 5.41 Å². The lowest BCUT2D eigenvalue weighted by Crippen LogP contribution is -2.18. The largest absolute Gasteiger partial charge is 0.303 e. The summed E-state index contributed by atoms with van der Waals surface area (Å²) < 4.78 is 2.39. The quantitative estimate of drug-likeness (QED) is 0.756. The predicted molar refractivity (Wildman–Crippen MR) is 52.3 cm³/mol. The van der Waals surface area contributed by atoms with E-state index >= 15 is 0 Å². The third-order valence-corrected chi connectivity index (χ3v) is 2.45. The van der Waals surface area contributed by atoms with Crippen LogP contribution in [-0.4, -0.2) is 21.3 Å². The topological polar surface area (TPSA) is 47.8 Å². The molecule has 0 amide bonds. The van der Waals surface area contributed by atoms with Crippen LogP contribution in [0.25, 0.3) is 0 Å². The summed E-state index contributed by atoms with van der Waals surface area (Å²) >= 11 is 3.29. The molecule has 0 aromatic carbocycles. The van der Waals surface area contributed by atoms with Gasteiger partial charge in [-0.2, -0.15) is 0 Å². The van der Waals surface area contributed by atoms with Crippen LogP contribution in [0.5, 0.6) is 0 Å². The molecule has 0 spiro atoms. The molecule has 1 aromatic heterocycles. The van der Waals surface area contributed by atoms with E-state index < -0.39 is 0 Å². The molecule has 0 unspecified atom stereocenters. The lowest BCUT2D eigenvalue weighted by Gasteiger charge is -2.15. The van der Waals surface area contributed by atoms with Gasteiger partial charge < -0.3 is 4.79 Å². The average Bonchev–Trinajstić information content (AvgIpc) is 2.36. The minimum Gasteiger partial charge on any atom is -0.303 e. The second kappa shape index (κ2) is 3.57. The van der Waals surface area contributed by atoms with Gasteiger partial charge in [0.15, 0.2) is 4.60 Å². The Kier molecular flexibility index (Phi) is 2.85. The summed E-state index contributed by atoms with van der Waals surface area (Å²) in [6, 6.07) is 0. The number of hydrogen-bond donors (Lipinski definition) is 0. The first-order valence-corrected chi connectivity index (χ1v) is 4.76. The number of hydrogen-bond acceptors (Lipinski definition) is 3. The van der Waals surface area contributed by atoms with Crippen molar-refractivity contribution in [1.82, 2.24) is 15.0 Å². The van der Waals surface area contributed by atoms with Gasteiger partial charge in [0.05, 0.1) is 5.69 Å². The maximum absolute atomic E-state index is 10.7. The number of aldehydes is 1. The van der Waals surface area contributed by atoms with E-state index in [1.54, 1.807) is 4.68 Å². The standard InChI is InChI=1S/C8H12BrN3O/c1-8(2,5-13)4-6-7(9)10-11-12(6)3/h5H,4H2,1-3H3. The monoisotopic (exact) mass is 245 g/mol. The molecule has 1 aromatic rings. The molecule has 0 atom stereocenters. The summed E-state index contributed by atoms with van der Waals surface area (Å²) in [5.41, 5.74) is 0.579. The van der Waals surface area contributed by atoms with Crippen LogP contribution in [0.4, 0.5) is 0 Å². The lowest BCUT2D eigenvalue weighted by molar-refractivity contribution is -0.114. The molecule has 1 heterocycles. The highest BCUT2D eigenvalue weighted by molar-refractivity contribution is 9.10. The van der Waals surface area contributed by atoms with E-state index in [1.165, 1.54) is 0 Å².